The maximum atomic E-state index is 12.0. The second-order valence-corrected chi connectivity index (χ2v) is 7.05. The molecule has 1 amide bonds. The highest BCUT2D eigenvalue weighted by Crippen LogP contribution is 2.23. The van der Waals surface area contributed by atoms with Crippen molar-refractivity contribution in [1.29, 1.82) is 0 Å². The van der Waals surface area contributed by atoms with Crippen LogP contribution in [0, 0.1) is 0 Å². The first-order valence-corrected chi connectivity index (χ1v) is 9.43. The predicted octanol–water partition coefficient (Wildman–Crippen LogP) is 1.73. The van der Waals surface area contributed by atoms with E-state index in [1.165, 1.54) is 24.6 Å². The molecule has 3 rings (SSSR count). The van der Waals surface area contributed by atoms with Crippen LogP contribution in [0.3, 0.4) is 0 Å². The Kier molecular flexibility index (Phi) is 6.21. The first-order chi connectivity index (χ1) is 12.2. The molecule has 1 aliphatic carbocycles. The smallest absolute Gasteiger partial charge is 0.221 e. The second-order valence-electron chi connectivity index (χ2n) is 5.99. The van der Waals surface area contributed by atoms with Gasteiger partial charge in [0.15, 0.2) is 0 Å². The van der Waals surface area contributed by atoms with Gasteiger partial charge >= 0.3 is 0 Å². The number of carbonyl (C=O) groups excluding carboxylic acids is 1. The van der Waals surface area contributed by atoms with Gasteiger partial charge in [0.25, 0.3) is 0 Å². The number of thioether (sulfide) groups is 1. The summed E-state index contributed by atoms with van der Waals surface area (Å²) in [6.07, 6.45) is 7.06. The van der Waals surface area contributed by atoms with Gasteiger partial charge in [0.05, 0.1) is 0 Å². The number of aryl methyl sites for hydroxylation is 1. The average molecular weight is 362 g/mol. The Morgan fingerprint density at radius 1 is 1.44 bits per heavy atom. The lowest BCUT2D eigenvalue weighted by Crippen LogP contribution is -2.23. The van der Waals surface area contributed by atoms with Crippen molar-refractivity contribution in [2.24, 2.45) is 7.05 Å². The Hall–Kier alpha value is -2.16. The third kappa shape index (κ3) is 5.42. The molecule has 0 aliphatic heterocycles. The van der Waals surface area contributed by atoms with Crippen molar-refractivity contribution in [2.45, 2.75) is 49.9 Å². The van der Waals surface area contributed by atoms with Crippen LogP contribution in [0.2, 0.25) is 0 Å². The van der Waals surface area contributed by atoms with Crippen molar-refractivity contribution < 1.29 is 9.53 Å². The van der Waals surface area contributed by atoms with Crippen LogP contribution in [0.1, 0.15) is 37.7 Å². The maximum Gasteiger partial charge on any atom is 0.221 e. The van der Waals surface area contributed by atoms with Crippen molar-refractivity contribution in [1.82, 2.24) is 30.5 Å². The zero-order chi connectivity index (χ0) is 17.5. The Bertz CT molecular complexity index is 701. The molecular formula is C16H22N6O2S. The van der Waals surface area contributed by atoms with E-state index in [1.54, 1.807) is 17.9 Å². The number of pyridine rings is 1. The molecule has 0 spiro atoms. The van der Waals surface area contributed by atoms with E-state index in [1.807, 2.05) is 12.1 Å². The molecule has 0 bridgehead atoms. The fraction of sp³-hybridized carbons (Fsp3) is 0.562. The van der Waals surface area contributed by atoms with Crippen LogP contribution in [0.25, 0.3) is 0 Å². The Morgan fingerprint density at radius 3 is 3.04 bits per heavy atom. The largest absolute Gasteiger partial charge is 0.474 e. The van der Waals surface area contributed by atoms with E-state index in [4.69, 9.17) is 4.74 Å². The number of rotatable bonds is 8. The average Bonchev–Trinajstić information content (AvgIpc) is 3.26. The predicted molar refractivity (Wildman–Crippen MR) is 93.1 cm³/mol. The molecule has 8 nitrogen and oxygen atoms in total. The molecule has 1 aliphatic rings. The fourth-order valence-corrected chi connectivity index (χ4v) is 3.46. The minimum atomic E-state index is -0.00213. The van der Waals surface area contributed by atoms with Gasteiger partial charge in [0, 0.05) is 38.0 Å². The van der Waals surface area contributed by atoms with E-state index >= 15 is 0 Å². The first-order valence-electron chi connectivity index (χ1n) is 8.44. The van der Waals surface area contributed by atoms with Gasteiger partial charge in [-0.25, -0.2) is 9.67 Å². The van der Waals surface area contributed by atoms with Gasteiger partial charge in [-0.1, -0.05) is 11.8 Å². The van der Waals surface area contributed by atoms with Crippen LogP contribution in [-0.2, 0) is 18.4 Å². The van der Waals surface area contributed by atoms with E-state index in [0.29, 0.717) is 29.8 Å². The summed E-state index contributed by atoms with van der Waals surface area (Å²) in [7, 11) is 1.77. The van der Waals surface area contributed by atoms with E-state index in [-0.39, 0.29) is 12.0 Å². The van der Waals surface area contributed by atoms with Gasteiger partial charge in [-0.3, -0.25) is 4.79 Å². The lowest BCUT2D eigenvalue weighted by Gasteiger charge is -2.13. The molecule has 1 saturated carbocycles. The van der Waals surface area contributed by atoms with Crippen molar-refractivity contribution in [3.63, 3.8) is 0 Å². The molecule has 9 heteroatoms. The molecule has 0 aromatic carbocycles. The van der Waals surface area contributed by atoms with Crippen molar-refractivity contribution in [3.8, 4) is 5.88 Å². The van der Waals surface area contributed by atoms with E-state index in [2.05, 4.69) is 25.8 Å². The fourth-order valence-electron chi connectivity index (χ4n) is 2.67. The molecule has 0 saturated heterocycles. The highest BCUT2D eigenvalue weighted by atomic mass is 32.2. The van der Waals surface area contributed by atoms with Crippen LogP contribution >= 0.6 is 11.8 Å². The molecule has 134 valence electrons. The first kappa shape index (κ1) is 17.7. The SMILES string of the molecule is Cn1nnnc1SCCC(=O)NCc1ccnc(OC2CCCC2)c1. The monoisotopic (exact) mass is 362 g/mol. The summed E-state index contributed by atoms with van der Waals surface area (Å²) in [6.45, 7) is 0.471. The molecule has 2 heterocycles. The van der Waals surface area contributed by atoms with Crippen LogP contribution < -0.4 is 10.1 Å². The lowest BCUT2D eigenvalue weighted by molar-refractivity contribution is -0.120. The second kappa shape index (κ2) is 8.80. The highest BCUT2D eigenvalue weighted by molar-refractivity contribution is 7.99. The van der Waals surface area contributed by atoms with Crippen LogP contribution in [0.4, 0.5) is 0 Å². The third-order valence-electron chi connectivity index (χ3n) is 4.02. The molecule has 25 heavy (non-hydrogen) atoms. The standard InChI is InChI=1S/C16H22N6O2S/c1-22-16(19-20-21-22)25-9-7-14(23)18-11-12-6-8-17-15(10-12)24-13-4-2-3-5-13/h6,8,10,13H,2-5,7,9,11H2,1H3,(H,18,23). The van der Waals surface area contributed by atoms with Gasteiger partial charge in [0.1, 0.15) is 6.10 Å². The number of nitrogens with one attached hydrogen (secondary N) is 1. The number of nitrogens with zero attached hydrogens (tertiary/aromatic N) is 5. The molecule has 0 radical (unpaired) electrons. The topological polar surface area (TPSA) is 94.8 Å². The number of carbonyl (C=O) groups is 1. The Balaban J connectivity index is 1.40. The Labute approximate surface area is 150 Å². The lowest BCUT2D eigenvalue weighted by atomic mass is 10.2. The summed E-state index contributed by atoms with van der Waals surface area (Å²) in [5.74, 6) is 1.27. The molecular weight excluding hydrogens is 340 g/mol. The summed E-state index contributed by atoms with van der Waals surface area (Å²) in [4.78, 5) is 16.2. The summed E-state index contributed by atoms with van der Waals surface area (Å²) < 4.78 is 7.48. The maximum absolute atomic E-state index is 12.0. The molecule has 0 unspecified atom stereocenters. The van der Waals surface area contributed by atoms with Crippen LogP contribution in [0.15, 0.2) is 23.5 Å². The summed E-state index contributed by atoms with van der Waals surface area (Å²) in [5.41, 5.74) is 0.988. The molecule has 1 fully saturated rings. The minimum Gasteiger partial charge on any atom is -0.474 e. The number of ether oxygens (including phenoxy) is 1. The minimum absolute atomic E-state index is 0.00213. The molecule has 1 N–H and O–H groups in total. The number of amides is 1. The zero-order valence-electron chi connectivity index (χ0n) is 14.2. The number of tetrazole rings is 1. The Morgan fingerprint density at radius 2 is 2.28 bits per heavy atom. The van der Waals surface area contributed by atoms with E-state index in [0.717, 1.165) is 18.4 Å². The van der Waals surface area contributed by atoms with Gasteiger partial charge in [0.2, 0.25) is 16.9 Å². The van der Waals surface area contributed by atoms with Crippen molar-refractivity contribution >= 4 is 17.7 Å². The summed E-state index contributed by atoms with van der Waals surface area (Å²) in [6, 6.07) is 3.79. The van der Waals surface area contributed by atoms with Gasteiger partial charge in [-0.15, -0.1) is 5.10 Å². The van der Waals surface area contributed by atoms with Gasteiger partial charge in [-0.05, 0) is 47.7 Å². The highest BCUT2D eigenvalue weighted by Gasteiger charge is 2.17. The van der Waals surface area contributed by atoms with E-state index < -0.39 is 0 Å². The molecule has 0 atom stereocenters. The summed E-state index contributed by atoms with van der Waals surface area (Å²) in [5, 5.41) is 14.8. The number of hydrogen-bond donors (Lipinski definition) is 1. The number of aromatic nitrogens is 5. The van der Waals surface area contributed by atoms with Gasteiger partial charge < -0.3 is 10.1 Å². The van der Waals surface area contributed by atoms with Crippen LogP contribution in [-0.4, -0.2) is 43.0 Å². The third-order valence-corrected chi connectivity index (χ3v) is 5.03. The summed E-state index contributed by atoms with van der Waals surface area (Å²) >= 11 is 1.46. The van der Waals surface area contributed by atoms with E-state index in [9.17, 15) is 4.79 Å². The zero-order valence-corrected chi connectivity index (χ0v) is 15.0. The molecule has 2 aromatic rings. The number of hydrogen-bond acceptors (Lipinski definition) is 7. The van der Waals surface area contributed by atoms with Crippen molar-refractivity contribution in [3.05, 3.63) is 23.9 Å². The van der Waals surface area contributed by atoms with Crippen LogP contribution in [0.5, 0.6) is 5.88 Å². The van der Waals surface area contributed by atoms with Crippen molar-refractivity contribution in [2.75, 3.05) is 5.75 Å². The quantitative estimate of drug-likeness (QED) is 0.715. The molecule has 2 aromatic heterocycles. The normalized spacial score (nSPS) is 14.6. The van der Waals surface area contributed by atoms with Gasteiger partial charge in [-0.2, -0.15) is 0 Å².